The minimum atomic E-state index is -0.860. The maximum atomic E-state index is 11.5. The first-order chi connectivity index (χ1) is 12.7. The predicted octanol–water partition coefficient (Wildman–Crippen LogP) is 5.34. The highest BCUT2D eigenvalue weighted by Gasteiger charge is 2.31. The number of carboxylic acid groups (broad SMARTS) is 1. The van der Waals surface area contributed by atoms with Gasteiger partial charge in [-0.15, -0.1) is 11.8 Å². The van der Waals surface area contributed by atoms with Gasteiger partial charge in [0.1, 0.15) is 0 Å². The highest BCUT2D eigenvalue weighted by atomic mass is 32.2. The van der Waals surface area contributed by atoms with Gasteiger partial charge >= 0.3 is 6.09 Å². The number of carbonyl (C=O) groups is 1. The maximum absolute atomic E-state index is 11.5. The molecule has 5 heteroatoms. The molecule has 1 atom stereocenters. The number of amides is 1. The standard InChI is InChI=1S/C21H20N2O2S/c24-21(25)23-12-4-7-19(23)20-18-9-8-17(13-16(18)10-11-22-20)26-14-15-5-2-1-3-6-15/h1-3,5-6,8-11,13,19H,4,7,12,14H2,(H,24,25). The van der Waals surface area contributed by atoms with E-state index in [1.807, 2.05) is 12.1 Å². The molecule has 2 heterocycles. The van der Waals surface area contributed by atoms with Crippen LogP contribution >= 0.6 is 11.8 Å². The van der Waals surface area contributed by atoms with Crippen molar-refractivity contribution < 1.29 is 9.90 Å². The van der Waals surface area contributed by atoms with Crippen LogP contribution in [0.5, 0.6) is 0 Å². The smallest absolute Gasteiger partial charge is 0.407 e. The summed E-state index contributed by atoms with van der Waals surface area (Å²) in [5, 5.41) is 11.6. The quantitative estimate of drug-likeness (QED) is 0.635. The summed E-state index contributed by atoms with van der Waals surface area (Å²) in [6, 6.07) is 18.7. The molecule has 3 aromatic rings. The van der Waals surface area contributed by atoms with E-state index < -0.39 is 6.09 Å². The molecule has 1 saturated heterocycles. The van der Waals surface area contributed by atoms with Crippen molar-refractivity contribution in [2.24, 2.45) is 0 Å². The van der Waals surface area contributed by atoms with Gasteiger partial charge in [-0.05, 0) is 42.0 Å². The molecule has 4 nitrogen and oxygen atoms in total. The van der Waals surface area contributed by atoms with E-state index in [1.54, 1.807) is 18.0 Å². The fourth-order valence-corrected chi connectivity index (χ4v) is 4.46. The van der Waals surface area contributed by atoms with Crippen molar-refractivity contribution in [1.82, 2.24) is 9.88 Å². The second-order valence-electron chi connectivity index (χ2n) is 6.49. The van der Waals surface area contributed by atoms with Crippen LogP contribution in [0.3, 0.4) is 0 Å². The van der Waals surface area contributed by atoms with Crippen LogP contribution in [0.15, 0.2) is 65.7 Å². The summed E-state index contributed by atoms with van der Waals surface area (Å²) in [6.45, 7) is 0.586. The number of aromatic nitrogens is 1. The third-order valence-electron chi connectivity index (χ3n) is 4.83. The van der Waals surface area contributed by atoms with E-state index in [1.165, 1.54) is 15.4 Å². The molecule has 1 fully saturated rings. The van der Waals surface area contributed by atoms with Crippen LogP contribution in [-0.4, -0.2) is 27.6 Å². The lowest BCUT2D eigenvalue weighted by molar-refractivity contribution is 0.140. The molecule has 1 aromatic heterocycles. The van der Waals surface area contributed by atoms with Crippen LogP contribution in [0, 0.1) is 0 Å². The molecule has 1 N–H and O–H groups in total. The molecule has 1 aliphatic heterocycles. The van der Waals surface area contributed by atoms with Crippen LogP contribution in [0.1, 0.15) is 30.1 Å². The van der Waals surface area contributed by atoms with Gasteiger partial charge in [0.05, 0.1) is 11.7 Å². The molecular formula is C21H20N2O2S. The molecule has 1 amide bonds. The fourth-order valence-electron chi connectivity index (χ4n) is 3.56. The molecule has 132 valence electrons. The molecular weight excluding hydrogens is 344 g/mol. The van der Waals surface area contributed by atoms with E-state index in [0.717, 1.165) is 35.1 Å². The Morgan fingerprint density at radius 1 is 1.19 bits per heavy atom. The number of likely N-dealkylation sites (tertiary alicyclic amines) is 1. The summed E-state index contributed by atoms with van der Waals surface area (Å²) in [6.07, 6.45) is 2.66. The van der Waals surface area contributed by atoms with Crippen LogP contribution in [-0.2, 0) is 5.75 Å². The van der Waals surface area contributed by atoms with Crippen LogP contribution < -0.4 is 0 Å². The van der Waals surface area contributed by atoms with Gasteiger partial charge in [0.15, 0.2) is 0 Å². The average Bonchev–Trinajstić information content (AvgIpc) is 3.16. The molecule has 1 unspecified atom stereocenters. The van der Waals surface area contributed by atoms with Gasteiger partial charge in [-0.2, -0.15) is 0 Å². The van der Waals surface area contributed by atoms with Crippen molar-refractivity contribution in [1.29, 1.82) is 0 Å². The third kappa shape index (κ3) is 3.40. The molecule has 4 rings (SSSR count). The number of thioether (sulfide) groups is 1. The van der Waals surface area contributed by atoms with Crippen LogP contribution in [0.25, 0.3) is 10.8 Å². The average molecular weight is 364 g/mol. The molecule has 0 radical (unpaired) electrons. The lowest BCUT2D eigenvalue weighted by Gasteiger charge is -2.22. The molecule has 26 heavy (non-hydrogen) atoms. The van der Waals surface area contributed by atoms with Crippen molar-refractivity contribution in [3.05, 3.63) is 72.1 Å². The van der Waals surface area contributed by atoms with Crippen molar-refractivity contribution >= 4 is 28.6 Å². The van der Waals surface area contributed by atoms with Crippen molar-refractivity contribution in [3.63, 3.8) is 0 Å². The lowest BCUT2D eigenvalue weighted by atomic mass is 10.0. The Labute approximate surface area is 156 Å². The summed E-state index contributed by atoms with van der Waals surface area (Å²) >= 11 is 1.81. The zero-order chi connectivity index (χ0) is 17.9. The summed E-state index contributed by atoms with van der Waals surface area (Å²) in [5.74, 6) is 0.930. The number of benzene rings is 2. The Balaban J connectivity index is 1.60. The largest absolute Gasteiger partial charge is 0.465 e. The fraction of sp³-hybridized carbons (Fsp3) is 0.238. The van der Waals surface area contributed by atoms with E-state index in [9.17, 15) is 9.90 Å². The SMILES string of the molecule is O=C(O)N1CCCC1c1nccc2cc(SCc3ccccc3)ccc12. The van der Waals surface area contributed by atoms with Gasteiger partial charge < -0.3 is 5.11 Å². The Bertz CT molecular complexity index is 930. The summed E-state index contributed by atoms with van der Waals surface area (Å²) in [4.78, 5) is 18.7. The first-order valence-electron chi connectivity index (χ1n) is 8.77. The summed E-state index contributed by atoms with van der Waals surface area (Å²) in [5.41, 5.74) is 2.18. The first-order valence-corrected chi connectivity index (χ1v) is 9.76. The summed E-state index contributed by atoms with van der Waals surface area (Å²) < 4.78 is 0. The second-order valence-corrected chi connectivity index (χ2v) is 7.54. The molecule has 0 bridgehead atoms. The Morgan fingerprint density at radius 3 is 2.85 bits per heavy atom. The third-order valence-corrected chi connectivity index (χ3v) is 5.89. The normalized spacial score (nSPS) is 16.9. The zero-order valence-electron chi connectivity index (χ0n) is 14.3. The van der Waals surface area contributed by atoms with E-state index in [0.29, 0.717) is 6.54 Å². The topological polar surface area (TPSA) is 53.4 Å². The van der Waals surface area contributed by atoms with Crippen molar-refractivity contribution in [3.8, 4) is 0 Å². The van der Waals surface area contributed by atoms with E-state index in [2.05, 4.69) is 47.4 Å². The van der Waals surface area contributed by atoms with Gasteiger partial charge in [-0.1, -0.05) is 36.4 Å². The molecule has 1 aliphatic rings. The minimum Gasteiger partial charge on any atom is -0.465 e. The molecule has 0 saturated carbocycles. The van der Waals surface area contributed by atoms with E-state index >= 15 is 0 Å². The van der Waals surface area contributed by atoms with Crippen LogP contribution in [0.2, 0.25) is 0 Å². The highest BCUT2D eigenvalue weighted by Crippen LogP contribution is 2.36. The zero-order valence-corrected chi connectivity index (χ0v) is 15.2. The highest BCUT2D eigenvalue weighted by molar-refractivity contribution is 7.98. The van der Waals surface area contributed by atoms with Gasteiger partial charge in [0.2, 0.25) is 0 Å². The summed E-state index contributed by atoms with van der Waals surface area (Å²) in [7, 11) is 0. The van der Waals surface area contributed by atoms with E-state index in [-0.39, 0.29) is 6.04 Å². The first kappa shape index (κ1) is 16.9. The lowest BCUT2D eigenvalue weighted by Crippen LogP contribution is -2.29. The monoisotopic (exact) mass is 364 g/mol. The second kappa shape index (κ2) is 7.38. The predicted molar refractivity (Wildman–Crippen MR) is 104 cm³/mol. The number of fused-ring (bicyclic) bond motifs is 1. The van der Waals surface area contributed by atoms with Gasteiger partial charge in [0.25, 0.3) is 0 Å². The van der Waals surface area contributed by atoms with Crippen LogP contribution in [0.4, 0.5) is 4.79 Å². The van der Waals surface area contributed by atoms with Crippen molar-refractivity contribution in [2.45, 2.75) is 29.5 Å². The molecule has 0 spiro atoms. The minimum absolute atomic E-state index is 0.140. The number of hydrogen-bond acceptors (Lipinski definition) is 3. The molecule has 0 aliphatic carbocycles. The maximum Gasteiger partial charge on any atom is 0.407 e. The van der Waals surface area contributed by atoms with Crippen molar-refractivity contribution in [2.75, 3.05) is 6.54 Å². The number of pyridine rings is 1. The number of hydrogen-bond donors (Lipinski definition) is 1. The Morgan fingerprint density at radius 2 is 2.04 bits per heavy atom. The van der Waals surface area contributed by atoms with Gasteiger partial charge in [-0.3, -0.25) is 9.88 Å². The Hall–Kier alpha value is -2.53. The van der Waals surface area contributed by atoms with Gasteiger partial charge in [0, 0.05) is 28.8 Å². The van der Waals surface area contributed by atoms with Gasteiger partial charge in [-0.25, -0.2) is 4.79 Å². The number of nitrogens with zero attached hydrogens (tertiary/aromatic N) is 2. The molecule has 2 aromatic carbocycles. The number of rotatable bonds is 4. The van der Waals surface area contributed by atoms with E-state index in [4.69, 9.17) is 0 Å². The Kier molecular flexibility index (Phi) is 4.80.